The van der Waals surface area contributed by atoms with Crippen molar-refractivity contribution in [1.82, 2.24) is 14.5 Å². The van der Waals surface area contributed by atoms with Crippen molar-refractivity contribution < 1.29 is 4.74 Å². The highest BCUT2D eigenvalue weighted by Crippen LogP contribution is 2.42. The minimum atomic E-state index is 0.497. The van der Waals surface area contributed by atoms with Crippen LogP contribution in [0.15, 0.2) is 67.3 Å². The first-order chi connectivity index (χ1) is 13.2. The summed E-state index contributed by atoms with van der Waals surface area (Å²) >= 11 is 0. The lowest BCUT2D eigenvalue weighted by molar-refractivity contribution is -0.0273. The number of imidazole rings is 1. The van der Waals surface area contributed by atoms with Gasteiger partial charge in [-0.15, -0.1) is 0 Å². The van der Waals surface area contributed by atoms with Crippen LogP contribution in [-0.4, -0.2) is 47.7 Å². The van der Waals surface area contributed by atoms with Crippen LogP contribution in [-0.2, 0) is 6.54 Å². The molecule has 3 aromatic rings. The zero-order chi connectivity index (χ0) is 18.3. The van der Waals surface area contributed by atoms with E-state index in [0.29, 0.717) is 5.41 Å². The van der Waals surface area contributed by atoms with Gasteiger partial charge in [0.2, 0.25) is 0 Å². The fraction of sp³-hybridized carbons (Fsp3) is 0.318. The van der Waals surface area contributed by atoms with E-state index in [2.05, 4.69) is 51.2 Å². The first-order valence-electron chi connectivity index (χ1n) is 9.42. The van der Waals surface area contributed by atoms with E-state index >= 15 is 0 Å². The summed E-state index contributed by atoms with van der Waals surface area (Å²) in [5, 5.41) is 0. The third kappa shape index (κ3) is 3.08. The Bertz CT molecular complexity index is 889. The molecular weight excluding hydrogens is 336 g/mol. The van der Waals surface area contributed by atoms with Crippen molar-refractivity contribution >= 4 is 5.69 Å². The molecule has 5 heteroatoms. The molecule has 1 aromatic heterocycles. The largest absolute Gasteiger partial charge is 0.497 e. The highest BCUT2D eigenvalue weighted by Gasteiger charge is 2.51. The molecule has 138 valence electrons. The second-order valence-electron chi connectivity index (χ2n) is 7.84. The minimum Gasteiger partial charge on any atom is -0.497 e. The smallest absolute Gasteiger partial charge is 0.119 e. The molecule has 0 aliphatic carbocycles. The third-order valence-corrected chi connectivity index (χ3v) is 5.75. The van der Waals surface area contributed by atoms with Gasteiger partial charge in [-0.1, -0.05) is 12.1 Å². The summed E-state index contributed by atoms with van der Waals surface area (Å²) in [6.07, 6.45) is 5.61. The maximum atomic E-state index is 5.24. The topological polar surface area (TPSA) is 33.5 Å². The molecule has 5 nitrogen and oxygen atoms in total. The number of aromatic nitrogens is 2. The molecule has 2 fully saturated rings. The van der Waals surface area contributed by atoms with Gasteiger partial charge in [0, 0.05) is 61.9 Å². The van der Waals surface area contributed by atoms with E-state index in [4.69, 9.17) is 4.74 Å². The van der Waals surface area contributed by atoms with Gasteiger partial charge in [0.1, 0.15) is 5.75 Å². The summed E-state index contributed by atoms with van der Waals surface area (Å²) in [5.74, 6) is 0.919. The van der Waals surface area contributed by atoms with Crippen LogP contribution in [0.4, 0.5) is 5.69 Å². The number of benzene rings is 2. The highest BCUT2D eigenvalue weighted by atomic mass is 16.5. The van der Waals surface area contributed by atoms with Crippen molar-refractivity contribution in [3.8, 4) is 11.4 Å². The molecule has 3 heterocycles. The minimum absolute atomic E-state index is 0.497. The number of likely N-dealkylation sites (tertiary alicyclic amines) is 1. The lowest BCUT2D eigenvalue weighted by Gasteiger charge is -2.61. The fourth-order valence-corrected chi connectivity index (χ4v) is 4.40. The summed E-state index contributed by atoms with van der Waals surface area (Å²) < 4.78 is 7.28. The van der Waals surface area contributed by atoms with Crippen LogP contribution >= 0.6 is 0 Å². The zero-order valence-electron chi connectivity index (χ0n) is 15.6. The number of anilines is 1. The van der Waals surface area contributed by atoms with E-state index in [-0.39, 0.29) is 0 Å². The summed E-state index contributed by atoms with van der Waals surface area (Å²) in [6, 6.07) is 17.2. The van der Waals surface area contributed by atoms with Gasteiger partial charge in [0.25, 0.3) is 0 Å². The molecule has 0 N–H and O–H groups in total. The molecule has 0 radical (unpaired) electrons. The Kier molecular flexibility index (Phi) is 3.90. The lowest BCUT2D eigenvalue weighted by atomic mass is 9.72. The van der Waals surface area contributed by atoms with Gasteiger partial charge in [0.05, 0.1) is 13.4 Å². The molecule has 2 saturated heterocycles. The molecule has 2 aliphatic heterocycles. The standard InChI is InChI=1S/C22H24N4O/c1-27-21-8-6-20(7-9-21)26-15-22(16-26)13-24(14-22)12-18-2-4-19(5-3-18)25-11-10-23-17-25/h2-11,17H,12-16H2,1H3. The average molecular weight is 360 g/mol. The second-order valence-corrected chi connectivity index (χ2v) is 7.84. The Morgan fingerprint density at radius 3 is 2.26 bits per heavy atom. The number of hydrogen-bond acceptors (Lipinski definition) is 4. The summed E-state index contributed by atoms with van der Waals surface area (Å²) in [4.78, 5) is 9.13. The molecular formula is C22H24N4O. The van der Waals surface area contributed by atoms with Crippen LogP contribution in [0.5, 0.6) is 5.75 Å². The maximum absolute atomic E-state index is 5.24. The predicted octanol–water partition coefficient (Wildman–Crippen LogP) is 3.20. The molecule has 27 heavy (non-hydrogen) atoms. The van der Waals surface area contributed by atoms with E-state index in [1.165, 1.54) is 24.3 Å². The third-order valence-electron chi connectivity index (χ3n) is 5.75. The Hall–Kier alpha value is -2.79. The Morgan fingerprint density at radius 2 is 1.63 bits per heavy atom. The average Bonchev–Trinajstić information content (AvgIpc) is 3.18. The molecule has 1 spiro atoms. The van der Waals surface area contributed by atoms with Crippen molar-refractivity contribution in [3.05, 3.63) is 72.8 Å². The van der Waals surface area contributed by atoms with Gasteiger partial charge in [-0.3, -0.25) is 4.90 Å². The Balaban J connectivity index is 1.13. The van der Waals surface area contributed by atoms with Gasteiger partial charge >= 0.3 is 0 Å². The van der Waals surface area contributed by atoms with E-state index in [0.717, 1.165) is 31.1 Å². The van der Waals surface area contributed by atoms with E-state index < -0.39 is 0 Å². The van der Waals surface area contributed by atoms with Gasteiger partial charge in [0.15, 0.2) is 0 Å². The van der Waals surface area contributed by atoms with Crippen molar-refractivity contribution in [2.75, 3.05) is 38.2 Å². The quantitative estimate of drug-likeness (QED) is 0.700. The number of nitrogens with zero attached hydrogens (tertiary/aromatic N) is 4. The molecule has 0 unspecified atom stereocenters. The highest BCUT2D eigenvalue weighted by molar-refractivity contribution is 5.52. The second kappa shape index (κ2) is 6.43. The monoisotopic (exact) mass is 360 g/mol. The van der Waals surface area contributed by atoms with Gasteiger partial charge in [-0.2, -0.15) is 0 Å². The van der Waals surface area contributed by atoms with Crippen molar-refractivity contribution in [2.24, 2.45) is 5.41 Å². The summed E-state index contributed by atoms with van der Waals surface area (Å²) in [6.45, 7) is 5.76. The first-order valence-corrected chi connectivity index (χ1v) is 9.42. The number of rotatable bonds is 5. The molecule has 0 atom stereocenters. The molecule has 2 aliphatic rings. The summed E-state index contributed by atoms with van der Waals surface area (Å²) in [7, 11) is 1.71. The fourth-order valence-electron chi connectivity index (χ4n) is 4.40. The molecule has 0 bridgehead atoms. The van der Waals surface area contributed by atoms with E-state index in [1.807, 2.05) is 29.2 Å². The number of ether oxygens (including phenoxy) is 1. The predicted molar refractivity (Wildman–Crippen MR) is 106 cm³/mol. The zero-order valence-corrected chi connectivity index (χ0v) is 15.6. The Labute approximate surface area is 159 Å². The lowest BCUT2D eigenvalue weighted by Crippen LogP contribution is -2.71. The van der Waals surface area contributed by atoms with Crippen LogP contribution < -0.4 is 9.64 Å². The van der Waals surface area contributed by atoms with Crippen LogP contribution in [0, 0.1) is 5.41 Å². The normalized spacial score (nSPS) is 18.2. The van der Waals surface area contributed by atoms with Gasteiger partial charge in [-0.25, -0.2) is 4.98 Å². The van der Waals surface area contributed by atoms with Gasteiger partial charge < -0.3 is 14.2 Å². The molecule has 0 saturated carbocycles. The number of hydrogen-bond donors (Lipinski definition) is 0. The van der Waals surface area contributed by atoms with Crippen molar-refractivity contribution in [3.63, 3.8) is 0 Å². The first kappa shape index (κ1) is 16.4. The van der Waals surface area contributed by atoms with Crippen LogP contribution in [0.25, 0.3) is 5.69 Å². The van der Waals surface area contributed by atoms with Crippen LogP contribution in [0.2, 0.25) is 0 Å². The maximum Gasteiger partial charge on any atom is 0.119 e. The van der Waals surface area contributed by atoms with Gasteiger partial charge in [-0.05, 0) is 42.0 Å². The SMILES string of the molecule is COc1ccc(N2CC3(CN(Cc4ccc(-n5ccnc5)cc4)C3)C2)cc1. The molecule has 5 rings (SSSR count). The van der Waals surface area contributed by atoms with E-state index in [1.54, 1.807) is 13.3 Å². The number of methoxy groups -OCH3 is 1. The van der Waals surface area contributed by atoms with Crippen LogP contribution in [0.1, 0.15) is 5.56 Å². The van der Waals surface area contributed by atoms with Crippen LogP contribution in [0.3, 0.4) is 0 Å². The van der Waals surface area contributed by atoms with Crippen molar-refractivity contribution in [2.45, 2.75) is 6.54 Å². The molecule has 2 aromatic carbocycles. The molecule has 0 amide bonds. The Morgan fingerprint density at radius 1 is 0.926 bits per heavy atom. The summed E-state index contributed by atoms with van der Waals surface area (Å²) in [5.41, 5.74) is 4.33. The van der Waals surface area contributed by atoms with Crippen molar-refractivity contribution in [1.29, 1.82) is 0 Å². The van der Waals surface area contributed by atoms with E-state index in [9.17, 15) is 0 Å².